The second-order valence-corrected chi connectivity index (χ2v) is 5.93. The highest BCUT2D eigenvalue weighted by Gasteiger charge is 2.28. The largest absolute Gasteiger partial charge is 0.481 e. The number of likely N-dealkylation sites (tertiary alicyclic amines) is 1. The average molecular weight is 275 g/mol. The van der Waals surface area contributed by atoms with Gasteiger partial charge in [0.2, 0.25) is 0 Å². The van der Waals surface area contributed by atoms with E-state index in [1.807, 2.05) is 0 Å². The topological polar surface area (TPSA) is 40.5 Å². The molecule has 1 aliphatic rings. The van der Waals surface area contributed by atoms with Crippen LogP contribution in [0.5, 0.6) is 0 Å². The highest BCUT2D eigenvalue weighted by molar-refractivity contribution is 5.70. The maximum atomic E-state index is 11.2. The Morgan fingerprint density at radius 3 is 2.95 bits per heavy atom. The summed E-state index contributed by atoms with van der Waals surface area (Å²) in [6.45, 7) is 6.06. The van der Waals surface area contributed by atoms with Gasteiger partial charge in [0.15, 0.2) is 0 Å². The molecule has 2 rings (SSSR count). The van der Waals surface area contributed by atoms with Crippen LogP contribution in [0.3, 0.4) is 0 Å². The number of piperidine rings is 1. The van der Waals surface area contributed by atoms with E-state index in [1.165, 1.54) is 11.1 Å². The molecule has 1 fully saturated rings. The van der Waals surface area contributed by atoms with Gasteiger partial charge in [-0.2, -0.15) is 0 Å². The smallest absolute Gasteiger partial charge is 0.307 e. The second-order valence-electron chi connectivity index (χ2n) is 5.93. The number of benzene rings is 1. The van der Waals surface area contributed by atoms with E-state index in [2.05, 4.69) is 43.0 Å². The van der Waals surface area contributed by atoms with Gasteiger partial charge in [-0.3, -0.25) is 9.69 Å². The van der Waals surface area contributed by atoms with E-state index in [-0.39, 0.29) is 5.92 Å². The zero-order valence-corrected chi connectivity index (χ0v) is 12.5. The van der Waals surface area contributed by atoms with Crippen molar-refractivity contribution in [2.24, 2.45) is 5.92 Å². The Kier molecular flexibility index (Phi) is 5.18. The van der Waals surface area contributed by atoms with Crippen molar-refractivity contribution < 1.29 is 9.90 Å². The van der Waals surface area contributed by atoms with E-state index in [0.29, 0.717) is 12.6 Å². The first-order chi connectivity index (χ1) is 9.60. The fourth-order valence-electron chi connectivity index (χ4n) is 3.18. The Bertz CT molecular complexity index is 458. The molecule has 2 unspecified atom stereocenters. The first-order valence-electron chi connectivity index (χ1n) is 7.62. The van der Waals surface area contributed by atoms with Gasteiger partial charge in [-0.05, 0) is 44.7 Å². The van der Waals surface area contributed by atoms with Gasteiger partial charge in [-0.1, -0.05) is 36.8 Å². The van der Waals surface area contributed by atoms with Gasteiger partial charge in [-0.15, -0.1) is 0 Å². The summed E-state index contributed by atoms with van der Waals surface area (Å²) in [6, 6.07) is 9.09. The minimum atomic E-state index is -0.639. The third kappa shape index (κ3) is 3.83. The summed E-state index contributed by atoms with van der Waals surface area (Å²) in [5.41, 5.74) is 2.65. The van der Waals surface area contributed by atoms with Crippen LogP contribution in [0.25, 0.3) is 0 Å². The van der Waals surface area contributed by atoms with Crippen LogP contribution in [-0.4, -0.2) is 35.1 Å². The molecule has 3 heteroatoms. The van der Waals surface area contributed by atoms with Crippen LogP contribution in [0, 0.1) is 12.8 Å². The Morgan fingerprint density at radius 1 is 1.50 bits per heavy atom. The Labute approximate surface area is 121 Å². The molecule has 0 radical (unpaired) electrons. The van der Waals surface area contributed by atoms with Crippen molar-refractivity contribution in [3.05, 3.63) is 35.4 Å². The maximum Gasteiger partial charge on any atom is 0.307 e. The minimum absolute atomic E-state index is 0.185. The number of aliphatic carboxylic acids is 1. The molecule has 3 nitrogen and oxygen atoms in total. The molecular weight excluding hydrogens is 250 g/mol. The zero-order chi connectivity index (χ0) is 14.5. The van der Waals surface area contributed by atoms with Crippen LogP contribution in [0.1, 0.15) is 37.3 Å². The molecule has 0 aliphatic carbocycles. The van der Waals surface area contributed by atoms with Gasteiger partial charge in [0.25, 0.3) is 0 Å². The average Bonchev–Trinajstić information content (AvgIpc) is 2.45. The van der Waals surface area contributed by atoms with Gasteiger partial charge >= 0.3 is 5.97 Å². The lowest BCUT2D eigenvalue weighted by Crippen LogP contribution is -2.45. The zero-order valence-electron chi connectivity index (χ0n) is 12.5. The van der Waals surface area contributed by atoms with Crippen molar-refractivity contribution >= 4 is 5.97 Å². The van der Waals surface area contributed by atoms with Crippen LogP contribution in [0.15, 0.2) is 24.3 Å². The standard InChI is InChI=1S/C17H25NO2/c1-3-16(11-14-7-4-6-13(2)10-14)18-9-5-8-15(12-18)17(19)20/h4,6-7,10,15-16H,3,5,8-9,11-12H2,1-2H3,(H,19,20). The van der Waals surface area contributed by atoms with E-state index in [4.69, 9.17) is 0 Å². The van der Waals surface area contributed by atoms with Gasteiger partial charge in [0.1, 0.15) is 0 Å². The molecule has 0 aromatic heterocycles. The summed E-state index contributed by atoms with van der Waals surface area (Å²) in [5.74, 6) is -0.824. The fourth-order valence-corrected chi connectivity index (χ4v) is 3.18. The molecule has 0 spiro atoms. The summed E-state index contributed by atoms with van der Waals surface area (Å²) in [4.78, 5) is 13.6. The van der Waals surface area contributed by atoms with E-state index < -0.39 is 5.97 Å². The lowest BCUT2D eigenvalue weighted by atomic mass is 9.94. The lowest BCUT2D eigenvalue weighted by Gasteiger charge is -2.36. The van der Waals surface area contributed by atoms with Crippen LogP contribution < -0.4 is 0 Å². The SMILES string of the molecule is CCC(Cc1cccc(C)c1)N1CCCC(C(=O)O)C1. The monoisotopic (exact) mass is 275 g/mol. The number of aryl methyl sites for hydroxylation is 1. The number of rotatable bonds is 5. The number of hydrogen-bond donors (Lipinski definition) is 1. The molecular formula is C17H25NO2. The summed E-state index contributed by atoms with van der Waals surface area (Å²) in [7, 11) is 0. The lowest BCUT2D eigenvalue weighted by molar-refractivity contribution is -0.143. The fraction of sp³-hybridized carbons (Fsp3) is 0.588. The highest BCUT2D eigenvalue weighted by atomic mass is 16.4. The van der Waals surface area contributed by atoms with Crippen LogP contribution in [0.4, 0.5) is 0 Å². The van der Waals surface area contributed by atoms with Crippen molar-refractivity contribution in [1.29, 1.82) is 0 Å². The number of carboxylic acids is 1. The van der Waals surface area contributed by atoms with E-state index in [0.717, 1.165) is 32.2 Å². The molecule has 2 atom stereocenters. The summed E-state index contributed by atoms with van der Waals surface area (Å²) in [6.07, 6.45) is 3.92. The normalized spacial score (nSPS) is 21.6. The predicted octanol–water partition coefficient (Wildman–Crippen LogP) is 3.11. The molecule has 1 saturated heterocycles. The van der Waals surface area contributed by atoms with Crippen molar-refractivity contribution in [3.8, 4) is 0 Å². The van der Waals surface area contributed by atoms with Crippen LogP contribution in [0.2, 0.25) is 0 Å². The predicted molar refractivity (Wildman–Crippen MR) is 80.9 cm³/mol. The number of carbonyl (C=O) groups is 1. The van der Waals surface area contributed by atoms with Crippen molar-refractivity contribution in [2.45, 2.75) is 45.6 Å². The van der Waals surface area contributed by atoms with Gasteiger partial charge in [0.05, 0.1) is 5.92 Å². The molecule has 0 saturated carbocycles. The Balaban J connectivity index is 2.02. The van der Waals surface area contributed by atoms with Crippen molar-refractivity contribution in [3.63, 3.8) is 0 Å². The molecule has 1 aromatic rings. The summed E-state index contributed by atoms with van der Waals surface area (Å²) >= 11 is 0. The third-order valence-corrected chi connectivity index (χ3v) is 4.34. The molecule has 110 valence electrons. The van der Waals surface area contributed by atoms with Gasteiger partial charge < -0.3 is 5.11 Å². The first-order valence-corrected chi connectivity index (χ1v) is 7.62. The van der Waals surface area contributed by atoms with E-state index in [1.54, 1.807) is 0 Å². The van der Waals surface area contributed by atoms with Crippen molar-refractivity contribution in [1.82, 2.24) is 4.90 Å². The highest BCUT2D eigenvalue weighted by Crippen LogP contribution is 2.22. The molecule has 0 amide bonds. The van der Waals surface area contributed by atoms with E-state index in [9.17, 15) is 9.90 Å². The number of hydrogen-bond acceptors (Lipinski definition) is 2. The van der Waals surface area contributed by atoms with E-state index >= 15 is 0 Å². The molecule has 20 heavy (non-hydrogen) atoms. The molecule has 1 aromatic carbocycles. The number of nitrogens with zero attached hydrogens (tertiary/aromatic N) is 1. The Morgan fingerprint density at radius 2 is 2.30 bits per heavy atom. The van der Waals surface area contributed by atoms with Gasteiger partial charge in [-0.25, -0.2) is 0 Å². The molecule has 1 heterocycles. The van der Waals surface area contributed by atoms with Crippen molar-refractivity contribution in [2.75, 3.05) is 13.1 Å². The third-order valence-electron chi connectivity index (χ3n) is 4.34. The summed E-state index contributed by atoms with van der Waals surface area (Å²) < 4.78 is 0. The minimum Gasteiger partial charge on any atom is -0.481 e. The molecule has 1 N–H and O–H groups in total. The van der Waals surface area contributed by atoms with Crippen LogP contribution in [-0.2, 0) is 11.2 Å². The molecule has 1 aliphatic heterocycles. The second kappa shape index (κ2) is 6.89. The Hall–Kier alpha value is -1.35. The quantitative estimate of drug-likeness (QED) is 0.897. The first kappa shape index (κ1) is 15.0. The van der Waals surface area contributed by atoms with Crippen LogP contribution >= 0.6 is 0 Å². The maximum absolute atomic E-state index is 11.2. The number of carboxylic acid groups (broad SMARTS) is 1. The summed E-state index contributed by atoms with van der Waals surface area (Å²) in [5, 5.41) is 9.21. The van der Waals surface area contributed by atoms with Gasteiger partial charge in [0, 0.05) is 12.6 Å². The molecule has 0 bridgehead atoms.